The summed E-state index contributed by atoms with van der Waals surface area (Å²) in [4.78, 5) is 7.05. The van der Waals surface area contributed by atoms with Crippen LogP contribution in [0.15, 0.2) is 36.7 Å². The number of aliphatic hydroxyl groups excluding tert-OH is 1. The van der Waals surface area contributed by atoms with Crippen molar-refractivity contribution < 1.29 is 5.11 Å². The summed E-state index contributed by atoms with van der Waals surface area (Å²) in [5.74, 6) is 0.807. The Morgan fingerprint density at radius 2 is 2.00 bits per heavy atom. The predicted molar refractivity (Wildman–Crippen MR) is 63.5 cm³/mol. The van der Waals surface area contributed by atoms with Gasteiger partial charge in [-0.2, -0.15) is 0 Å². The summed E-state index contributed by atoms with van der Waals surface area (Å²) in [7, 11) is 0. The lowest BCUT2D eigenvalue weighted by atomic mass is 10.1. The molecule has 0 fully saturated rings. The van der Waals surface area contributed by atoms with Gasteiger partial charge >= 0.3 is 0 Å². The topological polar surface area (TPSA) is 48.9 Å². The number of aromatic nitrogens is 2. The molecule has 1 heterocycles. The molecule has 0 radical (unpaired) electrons. The smallest absolute Gasteiger partial charge is 0.108 e. The first-order valence-corrected chi connectivity index (χ1v) is 5.52. The number of hydrogen-bond donors (Lipinski definition) is 2. The molecular formula is C12H13ClN2O. The van der Waals surface area contributed by atoms with Crippen LogP contribution in [0.25, 0.3) is 0 Å². The second kappa shape index (κ2) is 5.14. The van der Waals surface area contributed by atoms with Crippen LogP contribution in [0.4, 0.5) is 0 Å². The van der Waals surface area contributed by atoms with Gasteiger partial charge in [-0.1, -0.05) is 23.7 Å². The molecular weight excluding hydrogens is 224 g/mol. The molecule has 4 heteroatoms. The molecule has 0 aliphatic carbocycles. The number of imidazole rings is 1. The summed E-state index contributed by atoms with van der Waals surface area (Å²) in [6.45, 7) is 0. The molecule has 2 rings (SSSR count). The molecule has 2 aromatic rings. The van der Waals surface area contributed by atoms with Crippen molar-refractivity contribution in [3.05, 3.63) is 53.1 Å². The number of hydrogen-bond acceptors (Lipinski definition) is 2. The van der Waals surface area contributed by atoms with Crippen LogP contribution in [0, 0.1) is 0 Å². The average molecular weight is 237 g/mol. The van der Waals surface area contributed by atoms with Crippen LogP contribution in [0.3, 0.4) is 0 Å². The van der Waals surface area contributed by atoms with Gasteiger partial charge in [0.05, 0.1) is 6.10 Å². The lowest BCUT2D eigenvalue weighted by Gasteiger charge is -2.08. The van der Waals surface area contributed by atoms with Crippen LogP contribution < -0.4 is 0 Å². The van der Waals surface area contributed by atoms with Gasteiger partial charge in [0.1, 0.15) is 5.82 Å². The minimum absolute atomic E-state index is 0.424. The molecule has 0 saturated heterocycles. The third kappa shape index (κ3) is 3.08. The number of nitrogens with zero attached hydrogens (tertiary/aromatic N) is 1. The van der Waals surface area contributed by atoms with Crippen molar-refractivity contribution in [3.63, 3.8) is 0 Å². The van der Waals surface area contributed by atoms with Gasteiger partial charge < -0.3 is 10.1 Å². The average Bonchev–Trinajstić information content (AvgIpc) is 2.74. The van der Waals surface area contributed by atoms with Gasteiger partial charge in [0.2, 0.25) is 0 Å². The van der Waals surface area contributed by atoms with Crippen LogP contribution in [-0.2, 0) is 12.8 Å². The van der Waals surface area contributed by atoms with Gasteiger partial charge in [-0.25, -0.2) is 4.98 Å². The van der Waals surface area contributed by atoms with Gasteiger partial charge in [0, 0.05) is 23.8 Å². The van der Waals surface area contributed by atoms with E-state index in [2.05, 4.69) is 9.97 Å². The lowest BCUT2D eigenvalue weighted by Crippen LogP contribution is -2.14. The second-order valence-corrected chi connectivity index (χ2v) is 4.16. The van der Waals surface area contributed by atoms with E-state index in [4.69, 9.17) is 11.6 Å². The molecule has 84 valence electrons. The SMILES string of the molecule is OC(Cc1ccc(Cl)cc1)Cc1ncc[nH]1. The van der Waals surface area contributed by atoms with Crippen molar-refractivity contribution in [2.75, 3.05) is 0 Å². The highest BCUT2D eigenvalue weighted by Crippen LogP contribution is 2.12. The second-order valence-electron chi connectivity index (χ2n) is 3.72. The number of aliphatic hydroxyl groups is 1. The number of rotatable bonds is 4. The van der Waals surface area contributed by atoms with Crippen LogP contribution in [0.1, 0.15) is 11.4 Å². The fourth-order valence-corrected chi connectivity index (χ4v) is 1.72. The Morgan fingerprint density at radius 1 is 1.25 bits per heavy atom. The molecule has 16 heavy (non-hydrogen) atoms. The molecule has 1 aromatic heterocycles. The Balaban J connectivity index is 1.92. The quantitative estimate of drug-likeness (QED) is 0.855. The summed E-state index contributed by atoms with van der Waals surface area (Å²) < 4.78 is 0. The zero-order valence-electron chi connectivity index (χ0n) is 8.73. The molecule has 0 saturated carbocycles. The Kier molecular flexibility index (Phi) is 3.59. The Hall–Kier alpha value is -1.32. The fourth-order valence-electron chi connectivity index (χ4n) is 1.60. The number of aromatic amines is 1. The number of benzene rings is 1. The van der Waals surface area contributed by atoms with E-state index in [9.17, 15) is 5.11 Å². The van der Waals surface area contributed by atoms with E-state index in [0.717, 1.165) is 11.4 Å². The normalized spacial score (nSPS) is 12.6. The van der Waals surface area contributed by atoms with Gasteiger partial charge in [0.15, 0.2) is 0 Å². The molecule has 1 aromatic carbocycles. The van der Waals surface area contributed by atoms with E-state index < -0.39 is 6.10 Å². The maximum Gasteiger partial charge on any atom is 0.108 e. The van der Waals surface area contributed by atoms with E-state index in [-0.39, 0.29) is 0 Å². The largest absolute Gasteiger partial charge is 0.392 e. The molecule has 0 spiro atoms. The standard InChI is InChI=1S/C12H13ClN2O/c13-10-3-1-9(2-4-10)7-11(16)8-12-14-5-6-15-12/h1-6,11,16H,7-8H2,(H,14,15). The first kappa shape index (κ1) is 11.2. The molecule has 0 bridgehead atoms. The highest BCUT2D eigenvalue weighted by molar-refractivity contribution is 6.30. The molecule has 1 atom stereocenters. The molecule has 0 aliphatic heterocycles. The van der Waals surface area contributed by atoms with Crippen LogP contribution in [0.2, 0.25) is 5.02 Å². The zero-order valence-corrected chi connectivity index (χ0v) is 9.48. The third-order valence-electron chi connectivity index (χ3n) is 2.37. The fraction of sp³-hybridized carbons (Fsp3) is 0.250. The van der Waals surface area contributed by atoms with Crippen molar-refractivity contribution in [1.82, 2.24) is 9.97 Å². The van der Waals surface area contributed by atoms with E-state index in [1.165, 1.54) is 0 Å². The summed E-state index contributed by atoms with van der Waals surface area (Å²) in [5.41, 5.74) is 1.07. The van der Waals surface area contributed by atoms with Crippen molar-refractivity contribution in [2.24, 2.45) is 0 Å². The lowest BCUT2D eigenvalue weighted by molar-refractivity contribution is 0.173. The summed E-state index contributed by atoms with van der Waals surface area (Å²) in [6, 6.07) is 7.51. The van der Waals surface area contributed by atoms with E-state index in [0.29, 0.717) is 17.9 Å². The molecule has 2 N–H and O–H groups in total. The van der Waals surface area contributed by atoms with Gasteiger partial charge in [-0.15, -0.1) is 0 Å². The van der Waals surface area contributed by atoms with Crippen molar-refractivity contribution >= 4 is 11.6 Å². The number of nitrogens with one attached hydrogen (secondary N) is 1. The first-order valence-electron chi connectivity index (χ1n) is 5.15. The van der Waals surface area contributed by atoms with Crippen molar-refractivity contribution in [2.45, 2.75) is 18.9 Å². The molecule has 0 amide bonds. The summed E-state index contributed by atoms with van der Waals surface area (Å²) in [6.07, 6.45) is 4.16. The molecule has 3 nitrogen and oxygen atoms in total. The maximum absolute atomic E-state index is 9.85. The van der Waals surface area contributed by atoms with Crippen molar-refractivity contribution in [1.29, 1.82) is 0 Å². The van der Waals surface area contributed by atoms with Gasteiger partial charge in [0.25, 0.3) is 0 Å². The van der Waals surface area contributed by atoms with Crippen LogP contribution in [0.5, 0.6) is 0 Å². The third-order valence-corrected chi connectivity index (χ3v) is 2.62. The summed E-state index contributed by atoms with van der Waals surface area (Å²) in [5, 5.41) is 10.6. The first-order chi connectivity index (χ1) is 7.74. The maximum atomic E-state index is 9.85. The molecule has 1 unspecified atom stereocenters. The Morgan fingerprint density at radius 3 is 2.62 bits per heavy atom. The molecule has 0 aliphatic rings. The monoisotopic (exact) mass is 236 g/mol. The van der Waals surface area contributed by atoms with E-state index in [1.807, 2.05) is 24.3 Å². The zero-order chi connectivity index (χ0) is 11.4. The summed E-state index contributed by atoms with van der Waals surface area (Å²) >= 11 is 5.79. The minimum atomic E-state index is -0.424. The van der Waals surface area contributed by atoms with Crippen LogP contribution >= 0.6 is 11.6 Å². The van der Waals surface area contributed by atoms with Gasteiger partial charge in [-0.3, -0.25) is 0 Å². The Bertz CT molecular complexity index is 425. The van der Waals surface area contributed by atoms with E-state index >= 15 is 0 Å². The highest BCUT2D eigenvalue weighted by Gasteiger charge is 2.08. The van der Waals surface area contributed by atoms with E-state index in [1.54, 1.807) is 12.4 Å². The predicted octanol–water partition coefficient (Wildman–Crippen LogP) is 2.21. The van der Waals surface area contributed by atoms with Crippen LogP contribution in [-0.4, -0.2) is 21.2 Å². The van der Waals surface area contributed by atoms with Gasteiger partial charge in [-0.05, 0) is 24.1 Å². The highest BCUT2D eigenvalue weighted by atomic mass is 35.5. The number of halogens is 1. The number of H-pyrrole nitrogens is 1. The van der Waals surface area contributed by atoms with Crippen molar-refractivity contribution in [3.8, 4) is 0 Å². The minimum Gasteiger partial charge on any atom is -0.392 e. The Labute approximate surface area is 99.1 Å².